The number of ether oxygens (including phenoxy) is 2. The van der Waals surface area contributed by atoms with E-state index in [1.165, 1.54) is 0 Å². The highest BCUT2D eigenvalue weighted by atomic mass is 16.6. The van der Waals surface area contributed by atoms with E-state index >= 15 is 0 Å². The Kier molecular flexibility index (Phi) is 7.05. The number of alkyl carbamates (subject to hydrolysis) is 1. The van der Waals surface area contributed by atoms with E-state index in [0.29, 0.717) is 6.42 Å². The number of nitrogens with one attached hydrogen (secondary N) is 1. The predicted molar refractivity (Wildman–Crippen MR) is 104 cm³/mol. The Morgan fingerprint density at radius 3 is 2.43 bits per heavy atom. The van der Waals surface area contributed by atoms with E-state index in [1.807, 2.05) is 44.2 Å². The van der Waals surface area contributed by atoms with Crippen molar-refractivity contribution in [2.24, 2.45) is 5.92 Å². The molecule has 1 aliphatic heterocycles. The molecule has 0 unspecified atom stereocenters. The van der Waals surface area contributed by atoms with Gasteiger partial charge in [0.05, 0.1) is 12.1 Å². The average molecular weight is 390 g/mol. The number of imide groups is 1. The Morgan fingerprint density at radius 2 is 1.86 bits per heavy atom. The first kappa shape index (κ1) is 21.7. The Morgan fingerprint density at radius 1 is 1.21 bits per heavy atom. The monoisotopic (exact) mass is 390 g/mol. The number of rotatable bonds is 5. The molecule has 154 valence electrons. The van der Waals surface area contributed by atoms with Crippen molar-refractivity contribution in [1.29, 1.82) is 0 Å². The fraction of sp³-hybridized carbons (Fsp3) is 0.571. The minimum Gasteiger partial charge on any atom is -0.445 e. The van der Waals surface area contributed by atoms with Gasteiger partial charge >= 0.3 is 12.2 Å². The molecule has 1 aromatic rings. The van der Waals surface area contributed by atoms with Crippen LogP contribution < -0.4 is 5.32 Å². The number of hydrogen-bond acceptors (Lipinski definition) is 5. The number of nitrogens with zero attached hydrogens (tertiary/aromatic N) is 1. The largest absolute Gasteiger partial charge is 0.445 e. The van der Waals surface area contributed by atoms with Gasteiger partial charge in [0.25, 0.3) is 0 Å². The van der Waals surface area contributed by atoms with E-state index in [1.54, 1.807) is 20.8 Å². The van der Waals surface area contributed by atoms with E-state index in [4.69, 9.17) is 9.47 Å². The third-order valence-corrected chi connectivity index (χ3v) is 4.28. The molecule has 2 atom stereocenters. The molecule has 7 nitrogen and oxygen atoms in total. The zero-order valence-corrected chi connectivity index (χ0v) is 17.2. The van der Waals surface area contributed by atoms with Crippen LogP contribution in [0.3, 0.4) is 0 Å². The van der Waals surface area contributed by atoms with E-state index in [9.17, 15) is 14.4 Å². The normalized spacial score (nSPS) is 19.6. The summed E-state index contributed by atoms with van der Waals surface area (Å²) in [5, 5.41) is 2.75. The summed E-state index contributed by atoms with van der Waals surface area (Å²) in [5.41, 5.74) is 0.161. The van der Waals surface area contributed by atoms with Crippen molar-refractivity contribution in [2.45, 2.75) is 71.8 Å². The average Bonchev–Trinajstić information content (AvgIpc) is 2.87. The molecular formula is C21H30N2O5. The maximum Gasteiger partial charge on any atom is 0.417 e. The number of amides is 3. The van der Waals surface area contributed by atoms with Crippen LogP contribution in [0.1, 0.15) is 53.0 Å². The van der Waals surface area contributed by atoms with E-state index in [-0.39, 0.29) is 24.9 Å². The van der Waals surface area contributed by atoms with Gasteiger partial charge < -0.3 is 14.8 Å². The van der Waals surface area contributed by atoms with Crippen LogP contribution in [0.5, 0.6) is 0 Å². The first-order chi connectivity index (χ1) is 13.1. The lowest BCUT2D eigenvalue weighted by atomic mass is 9.98. The molecule has 1 aliphatic rings. The summed E-state index contributed by atoms with van der Waals surface area (Å²) in [6.45, 7) is 9.39. The summed E-state index contributed by atoms with van der Waals surface area (Å²) in [6, 6.07) is 8.36. The zero-order chi connectivity index (χ0) is 20.9. The third-order valence-electron chi connectivity index (χ3n) is 4.28. The zero-order valence-electron chi connectivity index (χ0n) is 17.2. The van der Waals surface area contributed by atoms with Gasteiger partial charge in [0.1, 0.15) is 12.2 Å². The maximum absolute atomic E-state index is 12.5. The maximum atomic E-state index is 12.5. The van der Waals surface area contributed by atoms with Gasteiger partial charge in [0.2, 0.25) is 5.91 Å². The molecule has 1 saturated heterocycles. The molecule has 0 spiro atoms. The molecule has 1 N–H and O–H groups in total. The first-order valence-corrected chi connectivity index (χ1v) is 9.59. The minimum atomic E-state index is -0.708. The molecule has 1 fully saturated rings. The number of carbonyl (C=O) groups is 3. The molecule has 0 aromatic heterocycles. The van der Waals surface area contributed by atoms with Crippen LogP contribution in [0.15, 0.2) is 30.3 Å². The van der Waals surface area contributed by atoms with Crippen molar-refractivity contribution in [3.63, 3.8) is 0 Å². The van der Waals surface area contributed by atoms with Crippen molar-refractivity contribution in [3.8, 4) is 0 Å². The Bertz CT molecular complexity index is 696. The lowest BCUT2D eigenvalue weighted by Gasteiger charge is -2.30. The van der Waals surface area contributed by atoms with Crippen molar-refractivity contribution in [3.05, 3.63) is 35.9 Å². The summed E-state index contributed by atoms with van der Waals surface area (Å²) in [4.78, 5) is 38.4. The molecule has 3 amide bonds. The van der Waals surface area contributed by atoms with Crippen molar-refractivity contribution in [2.75, 3.05) is 0 Å². The van der Waals surface area contributed by atoms with Crippen LogP contribution in [0, 0.1) is 5.92 Å². The summed E-state index contributed by atoms with van der Waals surface area (Å²) in [7, 11) is 0. The molecule has 1 aromatic carbocycles. The quantitative estimate of drug-likeness (QED) is 0.825. The molecule has 0 bridgehead atoms. The van der Waals surface area contributed by atoms with Crippen LogP contribution in [0.2, 0.25) is 0 Å². The number of benzene rings is 1. The highest BCUT2D eigenvalue weighted by Gasteiger charge is 2.45. The van der Waals surface area contributed by atoms with Crippen LogP contribution in [0.4, 0.5) is 9.59 Å². The summed E-state index contributed by atoms with van der Waals surface area (Å²) < 4.78 is 10.6. The Balaban J connectivity index is 2.04. The molecule has 0 radical (unpaired) electrons. The number of carbonyl (C=O) groups excluding carboxylic acids is 3. The lowest BCUT2D eigenvalue weighted by molar-refractivity contribution is -0.128. The van der Waals surface area contributed by atoms with Gasteiger partial charge in [-0.25, -0.2) is 14.5 Å². The second kappa shape index (κ2) is 9.08. The van der Waals surface area contributed by atoms with Gasteiger partial charge in [-0.15, -0.1) is 0 Å². The van der Waals surface area contributed by atoms with Gasteiger partial charge in [0, 0.05) is 6.42 Å². The van der Waals surface area contributed by atoms with Crippen LogP contribution in [0.25, 0.3) is 0 Å². The van der Waals surface area contributed by atoms with Crippen LogP contribution in [-0.4, -0.2) is 40.7 Å². The Hall–Kier alpha value is -2.57. The van der Waals surface area contributed by atoms with Crippen molar-refractivity contribution in [1.82, 2.24) is 10.2 Å². The summed E-state index contributed by atoms with van der Waals surface area (Å²) in [5.74, 6) is -0.126. The van der Waals surface area contributed by atoms with Crippen molar-refractivity contribution >= 4 is 18.1 Å². The second-order valence-corrected chi connectivity index (χ2v) is 8.46. The molecule has 1 heterocycles. The fourth-order valence-corrected chi connectivity index (χ4v) is 3.15. The molecule has 28 heavy (non-hydrogen) atoms. The highest BCUT2D eigenvalue weighted by molar-refractivity contribution is 5.95. The smallest absolute Gasteiger partial charge is 0.417 e. The molecule has 2 rings (SSSR count). The lowest BCUT2D eigenvalue weighted by Crippen LogP contribution is -2.49. The van der Waals surface area contributed by atoms with E-state index < -0.39 is 29.9 Å². The standard InChI is InChI=1S/C21H30N2O5/c1-14(2)11-17-16(12-18(24)23(17)20(26)28-21(3,4)5)22-19(25)27-13-15-9-7-6-8-10-15/h6-10,14,16-17H,11-13H2,1-5H3,(H,22,25)/t16-,17-/m0/s1. The van der Waals surface area contributed by atoms with Gasteiger partial charge in [0.15, 0.2) is 0 Å². The van der Waals surface area contributed by atoms with Crippen LogP contribution >= 0.6 is 0 Å². The SMILES string of the molecule is CC(C)C[C@H]1[C@@H](NC(=O)OCc2ccccc2)CC(=O)N1C(=O)OC(C)(C)C. The highest BCUT2D eigenvalue weighted by Crippen LogP contribution is 2.27. The van der Waals surface area contributed by atoms with Gasteiger partial charge in [-0.2, -0.15) is 0 Å². The first-order valence-electron chi connectivity index (χ1n) is 9.59. The fourth-order valence-electron chi connectivity index (χ4n) is 3.15. The summed E-state index contributed by atoms with van der Waals surface area (Å²) >= 11 is 0. The summed E-state index contributed by atoms with van der Waals surface area (Å²) in [6.07, 6.45) is -0.683. The van der Waals surface area contributed by atoms with E-state index in [0.717, 1.165) is 10.5 Å². The van der Waals surface area contributed by atoms with Crippen molar-refractivity contribution < 1.29 is 23.9 Å². The van der Waals surface area contributed by atoms with Crippen LogP contribution in [-0.2, 0) is 20.9 Å². The van der Waals surface area contributed by atoms with Gasteiger partial charge in [-0.1, -0.05) is 44.2 Å². The van der Waals surface area contributed by atoms with E-state index in [2.05, 4.69) is 5.32 Å². The molecule has 7 heteroatoms. The number of likely N-dealkylation sites (tertiary alicyclic amines) is 1. The predicted octanol–water partition coefficient (Wildman–Crippen LogP) is 3.86. The molecule has 0 aliphatic carbocycles. The minimum absolute atomic E-state index is 0.0388. The Labute approximate surface area is 166 Å². The molecular weight excluding hydrogens is 360 g/mol. The van der Waals surface area contributed by atoms with Gasteiger partial charge in [-0.3, -0.25) is 4.79 Å². The van der Waals surface area contributed by atoms with Gasteiger partial charge in [-0.05, 0) is 38.7 Å². The molecule has 0 saturated carbocycles. The number of hydrogen-bond donors (Lipinski definition) is 1. The topological polar surface area (TPSA) is 84.9 Å². The second-order valence-electron chi connectivity index (χ2n) is 8.46. The third kappa shape index (κ3) is 6.25.